The standard InChI is InChI=1S/C27H26ClN5O6/c1-16(2)39-22-14-19(33(36)37)9-10-20(22)26-30-24(21-4-3-13-38-21)25(17-5-7-18(28)8-6-17)32(26)27(35)31-12-11-29-23(34)15-31/h3-10,13-14,16,24-25H,11-12,15H2,1-2H3,(H,29,34)/t24-,25+/m0/s1. The maximum absolute atomic E-state index is 14.2. The molecule has 11 nitrogen and oxygen atoms in total. The number of hydrogen-bond donors (Lipinski definition) is 1. The first-order valence-electron chi connectivity index (χ1n) is 12.4. The molecule has 1 fully saturated rings. The Kier molecular flexibility index (Phi) is 7.25. The van der Waals surface area contributed by atoms with Crippen LogP contribution in [0, 0.1) is 10.1 Å². The molecule has 3 amide bonds. The molecule has 0 radical (unpaired) electrons. The number of benzene rings is 2. The number of furan rings is 1. The lowest BCUT2D eigenvalue weighted by atomic mass is 9.97. The van der Waals surface area contributed by atoms with E-state index in [-0.39, 0.29) is 35.8 Å². The van der Waals surface area contributed by atoms with Crippen LogP contribution in [0.2, 0.25) is 5.02 Å². The average molecular weight is 552 g/mol. The minimum absolute atomic E-state index is 0.114. The fourth-order valence-corrected chi connectivity index (χ4v) is 4.86. The molecular formula is C27H26ClN5O6. The van der Waals surface area contributed by atoms with Crippen LogP contribution in [-0.4, -0.2) is 58.2 Å². The number of nitro benzene ring substituents is 1. The Labute approximate surface area is 229 Å². The van der Waals surface area contributed by atoms with E-state index in [0.717, 1.165) is 5.56 Å². The Morgan fingerprint density at radius 2 is 2.00 bits per heavy atom. The van der Waals surface area contributed by atoms with Crippen LogP contribution in [0.5, 0.6) is 5.75 Å². The van der Waals surface area contributed by atoms with E-state index in [1.165, 1.54) is 34.3 Å². The van der Waals surface area contributed by atoms with Crippen molar-refractivity contribution in [1.29, 1.82) is 0 Å². The molecule has 1 N–H and O–H groups in total. The van der Waals surface area contributed by atoms with E-state index in [9.17, 15) is 19.7 Å². The lowest BCUT2D eigenvalue weighted by molar-refractivity contribution is -0.384. The Morgan fingerprint density at radius 3 is 2.64 bits per heavy atom. The summed E-state index contributed by atoms with van der Waals surface area (Å²) in [5, 5.41) is 14.8. The summed E-state index contributed by atoms with van der Waals surface area (Å²) >= 11 is 6.17. The molecule has 0 unspecified atom stereocenters. The predicted molar refractivity (Wildman–Crippen MR) is 143 cm³/mol. The number of rotatable bonds is 6. The maximum atomic E-state index is 14.2. The summed E-state index contributed by atoms with van der Waals surface area (Å²) in [5.41, 5.74) is 0.982. The number of amides is 3. The molecule has 2 aliphatic rings. The third-order valence-electron chi connectivity index (χ3n) is 6.41. The van der Waals surface area contributed by atoms with Gasteiger partial charge in [-0.3, -0.25) is 24.8 Å². The summed E-state index contributed by atoms with van der Waals surface area (Å²) in [4.78, 5) is 45.3. The first-order valence-corrected chi connectivity index (χ1v) is 12.8. The zero-order valence-corrected chi connectivity index (χ0v) is 22.0. The van der Waals surface area contributed by atoms with Gasteiger partial charge in [0.2, 0.25) is 5.91 Å². The first-order chi connectivity index (χ1) is 18.7. The van der Waals surface area contributed by atoms with Gasteiger partial charge < -0.3 is 19.4 Å². The number of nitrogens with one attached hydrogen (secondary N) is 1. The predicted octanol–water partition coefficient (Wildman–Crippen LogP) is 4.73. The number of non-ortho nitro benzene ring substituents is 1. The van der Waals surface area contributed by atoms with Crippen LogP contribution >= 0.6 is 11.6 Å². The zero-order chi connectivity index (χ0) is 27.7. The molecule has 5 rings (SSSR count). The monoisotopic (exact) mass is 551 g/mol. The van der Waals surface area contributed by atoms with Gasteiger partial charge in [-0.1, -0.05) is 23.7 Å². The highest BCUT2D eigenvalue weighted by Crippen LogP contribution is 2.45. The minimum atomic E-state index is -0.664. The van der Waals surface area contributed by atoms with Crippen molar-refractivity contribution in [2.24, 2.45) is 4.99 Å². The van der Waals surface area contributed by atoms with Crippen molar-refractivity contribution in [3.8, 4) is 5.75 Å². The van der Waals surface area contributed by atoms with E-state index < -0.39 is 23.0 Å². The molecule has 3 heterocycles. The number of piperazine rings is 1. The lowest BCUT2D eigenvalue weighted by Gasteiger charge is -2.35. The number of hydrogen-bond acceptors (Lipinski definition) is 7. The van der Waals surface area contributed by atoms with Crippen molar-refractivity contribution >= 4 is 35.1 Å². The largest absolute Gasteiger partial charge is 0.490 e. The zero-order valence-electron chi connectivity index (χ0n) is 21.2. The van der Waals surface area contributed by atoms with Gasteiger partial charge in [-0.25, -0.2) is 4.79 Å². The van der Waals surface area contributed by atoms with E-state index in [1.807, 2.05) is 12.1 Å². The summed E-state index contributed by atoms with van der Waals surface area (Å²) < 4.78 is 11.7. The van der Waals surface area contributed by atoms with E-state index in [1.54, 1.807) is 38.1 Å². The highest BCUT2D eigenvalue weighted by atomic mass is 35.5. The topological polar surface area (TPSA) is 131 Å². The van der Waals surface area contributed by atoms with Gasteiger partial charge in [0.15, 0.2) is 0 Å². The number of amidine groups is 1. The second-order valence-corrected chi connectivity index (χ2v) is 9.87. The van der Waals surface area contributed by atoms with Crippen LogP contribution in [0.25, 0.3) is 0 Å². The molecule has 12 heteroatoms. The molecule has 2 aromatic carbocycles. The molecule has 0 saturated carbocycles. The highest BCUT2D eigenvalue weighted by molar-refractivity contribution is 6.30. The van der Waals surface area contributed by atoms with E-state index in [2.05, 4.69) is 5.32 Å². The molecule has 202 valence electrons. The van der Waals surface area contributed by atoms with Crippen molar-refractivity contribution in [2.45, 2.75) is 32.0 Å². The fraction of sp³-hybridized carbons (Fsp3) is 0.296. The third-order valence-corrected chi connectivity index (χ3v) is 6.66. The Hall–Kier alpha value is -4.38. The van der Waals surface area contributed by atoms with E-state index in [4.69, 9.17) is 25.7 Å². The van der Waals surface area contributed by atoms with Crippen LogP contribution in [0.1, 0.15) is 42.8 Å². The molecule has 1 saturated heterocycles. The van der Waals surface area contributed by atoms with Crippen LogP contribution in [0.3, 0.4) is 0 Å². The number of urea groups is 1. The normalized spacial score (nSPS) is 19.2. The summed E-state index contributed by atoms with van der Waals surface area (Å²) in [5.74, 6) is 0.712. The van der Waals surface area contributed by atoms with Crippen LogP contribution in [-0.2, 0) is 4.79 Å². The van der Waals surface area contributed by atoms with Gasteiger partial charge in [-0.05, 0) is 49.7 Å². The summed E-state index contributed by atoms with van der Waals surface area (Å²) in [6, 6.07) is 13.0. The van der Waals surface area contributed by atoms with Gasteiger partial charge in [0.1, 0.15) is 29.9 Å². The van der Waals surface area contributed by atoms with Gasteiger partial charge in [-0.2, -0.15) is 0 Å². The van der Waals surface area contributed by atoms with Crippen molar-refractivity contribution in [3.63, 3.8) is 0 Å². The summed E-state index contributed by atoms with van der Waals surface area (Å²) in [6.45, 7) is 4.12. The van der Waals surface area contributed by atoms with Gasteiger partial charge in [0.05, 0.1) is 35.0 Å². The summed E-state index contributed by atoms with van der Waals surface area (Å²) in [6.07, 6.45) is 1.22. The SMILES string of the molecule is CC(C)Oc1cc([N+](=O)[O-])ccc1C1=N[C@@H](c2ccco2)[C@@H](c2ccc(Cl)cc2)N1C(=O)N1CCNC(=O)C1. The molecule has 39 heavy (non-hydrogen) atoms. The number of nitro groups is 1. The first kappa shape index (κ1) is 26.2. The average Bonchev–Trinajstić information content (AvgIpc) is 3.57. The Balaban J connectivity index is 1.70. The Morgan fingerprint density at radius 1 is 1.23 bits per heavy atom. The quantitative estimate of drug-likeness (QED) is 0.348. The second-order valence-electron chi connectivity index (χ2n) is 9.44. The molecular weight excluding hydrogens is 526 g/mol. The van der Waals surface area contributed by atoms with E-state index >= 15 is 0 Å². The highest BCUT2D eigenvalue weighted by Gasteiger charge is 2.46. The molecule has 0 spiro atoms. The van der Waals surface area contributed by atoms with Crippen LogP contribution in [0.15, 0.2) is 70.3 Å². The van der Waals surface area contributed by atoms with Gasteiger partial charge in [0.25, 0.3) is 5.69 Å². The van der Waals surface area contributed by atoms with Crippen LogP contribution < -0.4 is 10.1 Å². The number of nitrogens with zero attached hydrogens (tertiary/aromatic N) is 4. The molecule has 1 aromatic heterocycles. The van der Waals surface area contributed by atoms with E-state index in [0.29, 0.717) is 29.4 Å². The maximum Gasteiger partial charge on any atom is 0.326 e. The molecule has 0 bridgehead atoms. The fourth-order valence-electron chi connectivity index (χ4n) is 4.73. The van der Waals surface area contributed by atoms with Gasteiger partial charge >= 0.3 is 6.03 Å². The van der Waals surface area contributed by atoms with Gasteiger partial charge in [-0.15, -0.1) is 0 Å². The van der Waals surface area contributed by atoms with Gasteiger partial charge in [0, 0.05) is 24.2 Å². The van der Waals surface area contributed by atoms with Crippen molar-refractivity contribution < 1.29 is 23.7 Å². The second kappa shape index (κ2) is 10.8. The summed E-state index contributed by atoms with van der Waals surface area (Å²) in [7, 11) is 0. The number of halogens is 1. The lowest BCUT2D eigenvalue weighted by Crippen LogP contribution is -2.55. The third kappa shape index (κ3) is 5.30. The van der Waals surface area contributed by atoms with Crippen LogP contribution in [0.4, 0.5) is 10.5 Å². The molecule has 2 aliphatic heterocycles. The molecule has 2 atom stereocenters. The Bertz CT molecular complexity index is 1420. The molecule has 0 aliphatic carbocycles. The smallest absolute Gasteiger partial charge is 0.326 e. The van der Waals surface area contributed by atoms with Crippen molar-refractivity contribution in [1.82, 2.24) is 15.1 Å². The number of carbonyl (C=O) groups excluding carboxylic acids is 2. The number of carbonyl (C=O) groups is 2. The van der Waals surface area contributed by atoms with Crippen molar-refractivity contribution in [2.75, 3.05) is 19.6 Å². The minimum Gasteiger partial charge on any atom is -0.490 e. The number of ether oxygens (including phenoxy) is 1. The van der Waals surface area contributed by atoms with Crippen molar-refractivity contribution in [3.05, 3.63) is 92.9 Å². The number of aliphatic imine (C=N–C) groups is 1. The molecule has 3 aromatic rings.